The van der Waals surface area contributed by atoms with E-state index in [2.05, 4.69) is 46.5 Å². The zero-order valence-corrected chi connectivity index (χ0v) is 14.4. The number of hydrogen-bond donors (Lipinski definition) is 2. The normalized spacial score (nSPS) is 17.6. The lowest BCUT2D eigenvalue weighted by Gasteiger charge is -2.26. The van der Waals surface area contributed by atoms with Crippen LogP contribution >= 0.6 is 24.0 Å². The van der Waals surface area contributed by atoms with Crippen molar-refractivity contribution in [3.63, 3.8) is 0 Å². The van der Waals surface area contributed by atoms with Crippen LogP contribution in [0.15, 0.2) is 41.9 Å². The minimum Gasteiger partial charge on any atom is -0.356 e. The van der Waals surface area contributed by atoms with Gasteiger partial charge in [-0.3, -0.25) is 4.99 Å². The van der Waals surface area contributed by atoms with Crippen molar-refractivity contribution in [1.82, 2.24) is 10.6 Å². The summed E-state index contributed by atoms with van der Waals surface area (Å²) in [4.78, 5) is 4.21. The Labute approximate surface area is 139 Å². The number of benzene rings is 1. The highest BCUT2D eigenvalue weighted by Crippen LogP contribution is 2.30. The van der Waals surface area contributed by atoms with E-state index in [0.717, 1.165) is 19.0 Å². The van der Waals surface area contributed by atoms with Crippen molar-refractivity contribution in [2.45, 2.75) is 25.2 Å². The molecule has 2 rings (SSSR count). The molecule has 1 aromatic carbocycles. The minimum absolute atomic E-state index is 0. The van der Waals surface area contributed by atoms with E-state index in [0.29, 0.717) is 5.92 Å². The predicted octanol–water partition coefficient (Wildman–Crippen LogP) is 3.08. The fourth-order valence-electron chi connectivity index (χ4n) is 2.68. The molecule has 1 aliphatic carbocycles. The summed E-state index contributed by atoms with van der Waals surface area (Å²) in [6, 6.07) is 8.80. The summed E-state index contributed by atoms with van der Waals surface area (Å²) in [6.45, 7) is 5.38. The van der Waals surface area contributed by atoms with E-state index < -0.39 is 0 Å². The maximum Gasteiger partial charge on any atom is 0.191 e. The van der Waals surface area contributed by atoms with E-state index in [1.807, 2.05) is 6.08 Å². The number of aryl methyl sites for hydroxylation is 1. The van der Waals surface area contributed by atoms with Crippen LogP contribution in [0, 0.1) is 0 Å². The second kappa shape index (κ2) is 9.00. The van der Waals surface area contributed by atoms with Gasteiger partial charge in [-0.05, 0) is 30.4 Å². The van der Waals surface area contributed by atoms with Gasteiger partial charge < -0.3 is 10.6 Å². The summed E-state index contributed by atoms with van der Waals surface area (Å²) in [6.07, 6.45) is 5.59. The molecule has 0 aromatic heterocycles. The second-order valence-electron chi connectivity index (χ2n) is 4.91. The number of aliphatic imine (C=N–C) groups is 1. The molecule has 1 unspecified atom stereocenters. The Balaban J connectivity index is 0.00000200. The molecule has 0 heterocycles. The van der Waals surface area contributed by atoms with Crippen molar-refractivity contribution < 1.29 is 0 Å². The lowest BCUT2D eigenvalue weighted by molar-refractivity contribution is 0.540. The molecular formula is C16H24IN3. The van der Waals surface area contributed by atoms with Crippen molar-refractivity contribution in [2.75, 3.05) is 20.1 Å². The third kappa shape index (κ3) is 4.51. The zero-order valence-electron chi connectivity index (χ0n) is 12.1. The van der Waals surface area contributed by atoms with Crippen molar-refractivity contribution in [3.05, 3.63) is 48.0 Å². The first-order valence-electron chi connectivity index (χ1n) is 6.98. The van der Waals surface area contributed by atoms with Crippen LogP contribution in [-0.4, -0.2) is 26.1 Å². The number of halogens is 1. The van der Waals surface area contributed by atoms with E-state index in [4.69, 9.17) is 0 Å². The quantitative estimate of drug-likeness (QED) is 0.362. The van der Waals surface area contributed by atoms with Crippen molar-refractivity contribution >= 4 is 29.9 Å². The Morgan fingerprint density at radius 3 is 2.95 bits per heavy atom. The fraction of sp³-hybridized carbons (Fsp3) is 0.438. The van der Waals surface area contributed by atoms with Crippen LogP contribution in [-0.2, 0) is 6.42 Å². The van der Waals surface area contributed by atoms with Gasteiger partial charge in [-0.2, -0.15) is 0 Å². The van der Waals surface area contributed by atoms with Gasteiger partial charge in [-0.1, -0.05) is 30.3 Å². The highest BCUT2D eigenvalue weighted by atomic mass is 127. The molecule has 1 aromatic rings. The average Bonchev–Trinajstić information content (AvgIpc) is 2.47. The monoisotopic (exact) mass is 385 g/mol. The SMILES string of the molecule is C=CCNC(=NC)NCC1CCCc2ccccc21.I. The van der Waals surface area contributed by atoms with Crippen LogP contribution in [0.3, 0.4) is 0 Å². The van der Waals surface area contributed by atoms with Gasteiger partial charge in [0, 0.05) is 26.1 Å². The van der Waals surface area contributed by atoms with Crippen molar-refractivity contribution in [3.8, 4) is 0 Å². The van der Waals surface area contributed by atoms with E-state index in [1.165, 1.54) is 30.4 Å². The van der Waals surface area contributed by atoms with Crippen LogP contribution < -0.4 is 10.6 Å². The number of nitrogens with zero attached hydrogens (tertiary/aromatic N) is 1. The third-order valence-electron chi connectivity index (χ3n) is 3.65. The molecule has 2 N–H and O–H groups in total. The number of rotatable bonds is 4. The molecule has 3 nitrogen and oxygen atoms in total. The Bertz CT molecular complexity index is 457. The van der Waals surface area contributed by atoms with Gasteiger partial charge in [-0.25, -0.2) is 0 Å². The number of fused-ring (bicyclic) bond motifs is 1. The van der Waals surface area contributed by atoms with Gasteiger partial charge in [0.15, 0.2) is 5.96 Å². The summed E-state index contributed by atoms with van der Waals surface area (Å²) in [5.74, 6) is 1.44. The number of nitrogens with one attached hydrogen (secondary N) is 2. The van der Waals surface area contributed by atoms with Crippen LogP contribution in [0.4, 0.5) is 0 Å². The Kier molecular flexibility index (Phi) is 7.65. The molecule has 4 heteroatoms. The molecular weight excluding hydrogens is 361 g/mol. The molecule has 20 heavy (non-hydrogen) atoms. The largest absolute Gasteiger partial charge is 0.356 e. The summed E-state index contributed by atoms with van der Waals surface area (Å²) in [5, 5.41) is 6.61. The maximum atomic E-state index is 4.21. The molecule has 0 amide bonds. The van der Waals surface area contributed by atoms with Gasteiger partial charge in [0.2, 0.25) is 0 Å². The highest BCUT2D eigenvalue weighted by molar-refractivity contribution is 14.0. The zero-order chi connectivity index (χ0) is 13.5. The van der Waals surface area contributed by atoms with E-state index in [9.17, 15) is 0 Å². The summed E-state index contributed by atoms with van der Waals surface area (Å²) in [5.41, 5.74) is 3.01. The number of guanidine groups is 1. The molecule has 0 spiro atoms. The fourth-order valence-corrected chi connectivity index (χ4v) is 2.68. The Hall–Kier alpha value is -1.04. The van der Waals surface area contributed by atoms with Gasteiger partial charge in [-0.15, -0.1) is 30.6 Å². The molecule has 0 aliphatic heterocycles. The molecule has 0 bridgehead atoms. The molecule has 0 saturated heterocycles. The predicted molar refractivity (Wildman–Crippen MR) is 97.1 cm³/mol. The Morgan fingerprint density at radius 1 is 1.40 bits per heavy atom. The Morgan fingerprint density at radius 2 is 2.20 bits per heavy atom. The van der Waals surface area contributed by atoms with Gasteiger partial charge in [0.25, 0.3) is 0 Å². The van der Waals surface area contributed by atoms with E-state index in [-0.39, 0.29) is 24.0 Å². The van der Waals surface area contributed by atoms with Gasteiger partial charge >= 0.3 is 0 Å². The third-order valence-corrected chi connectivity index (χ3v) is 3.65. The lowest BCUT2D eigenvalue weighted by Crippen LogP contribution is -2.39. The van der Waals surface area contributed by atoms with Crippen LogP contribution in [0.25, 0.3) is 0 Å². The van der Waals surface area contributed by atoms with Gasteiger partial charge in [0.1, 0.15) is 0 Å². The van der Waals surface area contributed by atoms with E-state index >= 15 is 0 Å². The van der Waals surface area contributed by atoms with Gasteiger partial charge in [0.05, 0.1) is 0 Å². The van der Waals surface area contributed by atoms with Crippen molar-refractivity contribution in [2.24, 2.45) is 4.99 Å². The number of hydrogen-bond acceptors (Lipinski definition) is 1. The average molecular weight is 385 g/mol. The molecule has 0 fully saturated rings. The first kappa shape index (κ1) is 17.0. The second-order valence-corrected chi connectivity index (χ2v) is 4.91. The summed E-state index contributed by atoms with van der Waals surface area (Å²) >= 11 is 0. The lowest BCUT2D eigenvalue weighted by atomic mass is 9.83. The summed E-state index contributed by atoms with van der Waals surface area (Å²) < 4.78 is 0. The van der Waals surface area contributed by atoms with E-state index in [1.54, 1.807) is 7.05 Å². The first-order chi connectivity index (χ1) is 9.35. The molecule has 110 valence electrons. The highest BCUT2D eigenvalue weighted by Gasteiger charge is 2.19. The van der Waals surface area contributed by atoms with Crippen LogP contribution in [0.5, 0.6) is 0 Å². The molecule has 1 aliphatic rings. The molecule has 0 radical (unpaired) electrons. The molecule has 0 saturated carbocycles. The van der Waals surface area contributed by atoms with Crippen molar-refractivity contribution in [1.29, 1.82) is 0 Å². The smallest absolute Gasteiger partial charge is 0.191 e. The minimum atomic E-state index is 0. The maximum absolute atomic E-state index is 4.21. The van der Waals surface area contributed by atoms with Crippen LogP contribution in [0.2, 0.25) is 0 Å². The molecule has 1 atom stereocenters. The standard InChI is InChI=1S/C16H23N3.HI/c1-3-11-18-16(17-2)19-12-14-9-6-8-13-7-4-5-10-15(13)14;/h3-5,7,10,14H,1,6,8-9,11-12H2,2H3,(H2,17,18,19);1H. The van der Waals surface area contributed by atoms with Crippen LogP contribution in [0.1, 0.15) is 29.9 Å². The topological polar surface area (TPSA) is 36.4 Å². The first-order valence-corrected chi connectivity index (χ1v) is 6.98. The summed E-state index contributed by atoms with van der Waals surface area (Å²) in [7, 11) is 1.80.